The molecule has 1 heterocycles. The van der Waals surface area contributed by atoms with E-state index in [-0.39, 0.29) is 5.96 Å². The van der Waals surface area contributed by atoms with E-state index in [9.17, 15) is 0 Å². The number of halogens is 1. The monoisotopic (exact) mass is 254 g/mol. The third-order valence-corrected chi connectivity index (χ3v) is 2.88. The largest absolute Gasteiger partial charge is 0.378 e. The Morgan fingerprint density at radius 2 is 2.12 bits per heavy atom. The zero-order valence-corrected chi connectivity index (χ0v) is 10.1. The van der Waals surface area contributed by atoms with Crippen LogP contribution in [0.5, 0.6) is 0 Å². The highest BCUT2D eigenvalue weighted by molar-refractivity contribution is 6.33. The Hall–Kier alpha value is -1.46. The van der Waals surface area contributed by atoms with Gasteiger partial charge in [-0.2, -0.15) is 0 Å². The Morgan fingerprint density at radius 1 is 1.41 bits per heavy atom. The molecule has 6 heteroatoms. The number of hydrogen-bond acceptors (Lipinski definition) is 3. The third-order valence-electron chi connectivity index (χ3n) is 2.58. The van der Waals surface area contributed by atoms with Crippen LogP contribution in [0.3, 0.4) is 0 Å². The van der Waals surface area contributed by atoms with E-state index >= 15 is 0 Å². The quantitative estimate of drug-likeness (QED) is 0.552. The highest BCUT2D eigenvalue weighted by atomic mass is 35.5. The van der Waals surface area contributed by atoms with Crippen molar-refractivity contribution >= 4 is 28.9 Å². The van der Waals surface area contributed by atoms with Crippen LogP contribution in [0.4, 0.5) is 11.4 Å². The van der Waals surface area contributed by atoms with Crippen molar-refractivity contribution in [2.24, 2.45) is 5.73 Å². The zero-order valence-electron chi connectivity index (χ0n) is 9.37. The fourth-order valence-electron chi connectivity index (χ4n) is 1.80. The second-order valence-corrected chi connectivity index (χ2v) is 4.21. The lowest BCUT2D eigenvalue weighted by atomic mass is 10.2. The van der Waals surface area contributed by atoms with Gasteiger partial charge in [0, 0.05) is 18.8 Å². The molecule has 1 aromatic carbocycles. The molecule has 2 rings (SSSR count). The van der Waals surface area contributed by atoms with Crippen LogP contribution in [-0.4, -0.2) is 32.3 Å². The standard InChI is InChI=1S/C11H15ClN4O/c12-9-7-8(15-11(13)14)1-2-10(9)16-3-5-17-6-4-16/h1-2,7H,3-6H2,(H4,13,14,15). The van der Waals surface area contributed by atoms with Gasteiger partial charge in [0.25, 0.3) is 0 Å². The fraction of sp³-hybridized carbons (Fsp3) is 0.364. The molecule has 0 saturated carbocycles. The molecular weight excluding hydrogens is 240 g/mol. The Kier molecular flexibility index (Phi) is 3.71. The summed E-state index contributed by atoms with van der Waals surface area (Å²) < 4.78 is 5.30. The third kappa shape index (κ3) is 3.01. The molecule has 1 fully saturated rings. The molecule has 0 spiro atoms. The summed E-state index contributed by atoms with van der Waals surface area (Å²) in [6.45, 7) is 3.14. The number of anilines is 2. The van der Waals surface area contributed by atoms with E-state index in [2.05, 4.69) is 10.2 Å². The molecule has 0 aromatic heterocycles. The van der Waals surface area contributed by atoms with Gasteiger partial charge < -0.3 is 20.7 Å². The molecule has 17 heavy (non-hydrogen) atoms. The van der Waals surface area contributed by atoms with E-state index in [0.29, 0.717) is 5.02 Å². The van der Waals surface area contributed by atoms with Crippen molar-refractivity contribution in [3.05, 3.63) is 23.2 Å². The molecule has 1 aromatic rings. The molecule has 0 radical (unpaired) electrons. The SMILES string of the molecule is N=C(N)Nc1ccc(N2CCOCC2)c(Cl)c1. The van der Waals surface area contributed by atoms with E-state index in [1.54, 1.807) is 6.07 Å². The number of nitrogens with zero attached hydrogens (tertiary/aromatic N) is 1. The molecule has 0 atom stereocenters. The molecule has 0 bridgehead atoms. The number of morpholine rings is 1. The van der Waals surface area contributed by atoms with Crippen LogP contribution >= 0.6 is 11.6 Å². The molecular formula is C11H15ClN4O. The van der Waals surface area contributed by atoms with Crippen LogP contribution in [-0.2, 0) is 4.74 Å². The second kappa shape index (κ2) is 5.25. The Labute approximate surface area is 105 Å². The van der Waals surface area contributed by atoms with Crippen molar-refractivity contribution in [3.8, 4) is 0 Å². The summed E-state index contributed by atoms with van der Waals surface area (Å²) in [5.41, 5.74) is 6.97. The van der Waals surface area contributed by atoms with E-state index in [4.69, 9.17) is 27.5 Å². The first-order valence-electron chi connectivity index (χ1n) is 5.40. The molecule has 0 aliphatic carbocycles. The maximum atomic E-state index is 7.15. The van der Waals surface area contributed by atoms with Crippen molar-refractivity contribution in [1.82, 2.24) is 0 Å². The normalized spacial score (nSPS) is 15.7. The van der Waals surface area contributed by atoms with Gasteiger partial charge in [0.1, 0.15) is 0 Å². The van der Waals surface area contributed by atoms with Gasteiger partial charge in [-0.3, -0.25) is 5.41 Å². The maximum Gasteiger partial charge on any atom is 0.190 e. The summed E-state index contributed by atoms with van der Waals surface area (Å²) in [5.74, 6) is -0.0970. The number of nitrogens with one attached hydrogen (secondary N) is 2. The van der Waals surface area contributed by atoms with Crippen molar-refractivity contribution in [3.63, 3.8) is 0 Å². The average molecular weight is 255 g/mol. The highest BCUT2D eigenvalue weighted by Gasteiger charge is 2.14. The van der Waals surface area contributed by atoms with Crippen molar-refractivity contribution in [2.45, 2.75) is 0 Å². The lowest BCUT2D eigenvalue weighted by Crippen LogP contribution is -2.36. The maximum absolute atomic E-state index is 7.15. The molecule has 5 nitrogen and oxygen atoms in total. The Balaban J connectivity index is 2.15. The van der Waals surface area contributed by atoms with Crippen LogP contribution in [0.1, 0.15) is 0 Å². The van der Waals surface area contributed by atoms with Crippen molar-refractivity contribution < 1.29 is 4.74 Å². The first-order chi connectivity index (χ1) is 8.16. The molecule has 4 N–H and O–H groups in total. The van der Waals surface area contributed by atoms with E-state index in [1.807, 2.05) is 12.1 Å². The first-order valence-corrected chi connectivity index (χ1v) is 5.78. The van der Waals surface area contributed by atoms with Crippen LogP contribution < -0.4 is 16.0 Å². The van der Waals surface area contributed by atoms with Gasteiger partial charge in [0.2, 0.25) is 0 Å². The van der Waals surface area contributed by atoms with E-state index < -0.39 is 0 Å². The predicted molar refractivity (Wildman–Crippen MR) is 70.0 cm³/mol. The first kappa shape index (κ1) is 12.0. The van der Waals surface area contributed by atoms with E-state index in [0.717, 1.165) is 37.7 Å². The second-order valence-electron chi connectivity index (χ2n) is 3.80. The van der Waals surface area contributed by atoms with Crippen LogP contribution in [0.2, 0.25) is 5.02 Å². The van der Waals surface area contributed by atoms with Gasteiger partial charge in [0.05, 0.1) is 23.9 Å². The Morgan fingerprint density at radius 3 is 2.71 bits per heavy atom. The summed E-state index contributed by atoms with van der Waals surface area (Å²) in [6, 6.07) is 5.56. The number of rotatable bonds is 2. The molecule has 92 valence electrons. The van der Waals surface area contributed by atoms with Crippen molar-refractivity contribution in [1.29, 1.82) is 5.41 Å². The fourth-order valence-corrected chi connectivity index (χ4v) is 2.10. The van der Waals surface area contributed by atoms with Crippen LogP contribution in [0.15, 0.2) is 18.2 Å². The number of benzene rings is 1. The van der Waals surface area contributed by atoms with Gasteiger partial charge in [-0.1, -0.05) is 11.6 Å². The van der Waals surface area contributed by atoms with Gasteiger partial charge in [-0.15, -0.1) is 0 Å². The highest BCUT2D eigenvalue weighted by Crippen LogP contribution is 2.29. The average Bonchev–Trinajstić information content (AvgIpc) is 2.29. The lowest BCUT2D eigenvalue weighted by Gasteiger charge is -2.29. The summed E-state index contributed by atoms with van der Waals surface area (Å²) >= 11 is 6.21. The summed E-state index contributed by atoms with van der Waals surface area (Å²) in [7, 11) is 0. The molecule has 0 amide bonds. The topological polar surface area (TPSA) is 74.4 Å². The van der Waals surface area contributed by atoms with Gasteiger partial charge in [-0.05, 0) is 18.2 Å². The van der Waals surface area contributed by atoms with E-state index in [1.165, 1.54) is 0 Å². The minimum absolute atomic E-state index is 0.0970. The summed E-state index contributed by atoms with van der Waals surface area (Å²) in [5, 5.41) is 10.5. The predicted octanol–water partition coefficient (Wildman–Crippen LogP) is 1.48. The lowest BCUT2D eigenvalue weighted by molar-refractivity contribution is 0.122. The number of ether oxygens (including phenoxy) is 1. The van der Waals surface area contributed by atoms with Gasteiger partial charge in [-0.25, -0.2) is 0 Å². The molecule has 0 unspecified atom stereocenters. The van der Waals surface area contributed by atoms with Crippen molar-refractivity contribution in [2.75, 3.05) is 36.5 Å². The van der Waals surface area contributed by atoms with Gasteiger partial charge >= 0.3 is 0 Å². The zero-order chi connectivity index (χ0) is 12.3. The minimum atomic E-state index is -0.0970. The van der Waals surface area contributed by atoms with Crippen LogP contribution in [0.25, 0.3) is 0 Å². The Bertz CT molecular complexity index is 418. The summed E-state index contributed by atoms with van der Waals surface area (Å²) in [6.07, 6.45) is 0. The number of guanidine groups is 1. The van der Waals surface area contributed by atoms with Crippen LogP contribution in [0, 0.1) is 5.41 Å². The molecule has 1 aliphatic rings. The van der Waals surface area contributed by atoms with Gasteiger partial charge in [0.15, 0.2) is 5.96 Å². The number of nitrogens with two attached hydrogens (primary N) is 1. The number of hydrogen-bond donors (Lipinski definition) is 3. The molecule has 1 saturated heterocycles. The molecule has 1 aliphatic heterocycles. The smallest absolute Gasteiger partial charge is 0.190 e. The summed E-state index contributed by atoms with van der Waals surface area (Å²) in [4.78, 5) is 2.18. The minimum Gasteiger partial charge on any atom is -0.378 e.